The van der Waals surface area contributed by atoms with Crippen LogP contribution in [0.25, 0.3) is 0 Å². The lowest BCUT2D eigenvalue weighted by Gasteiger charge is -2.35. The van der Waals surface area contributed by atoms with Crippen molar-refractivity contribution in [3.05, 3.63) is 29.3 Å². The Balaban J connectivity index is 1.37. The van der Waals surface area contributed by atoms with Crippen LogP contribution in [0.2, 0.25) is 0 Å². The molecular weight excluding hydrogens is 511 g/mol. The Morgan fingerprint density at radius 2 is 1.67 bits per heavy atom. The molecule has 1 aliphatic carbocycles. The lowest BCUT2D eigenvalue weighted by molar-refractivity contribution is -0.142. The van der Waals surface area contributed by atoms with E-state index in [2.05, 4.69) is 4.90 Å². The van der Waals surface area contributed by atoms with Gasteiger partial charge in [0.25, 0.3) is 0 Å². The maximum absolute atomic E-state index is 13.7. The fourth-order valence-corrected chi connectivity index (χ4v) is 7.31. The number of anilines is 1. The summed E-state index contributed by atoms with van der Waals surface area (Å²) in [5.41, 5.74) is 0.573. The van der Waals surface area contributed by atoms with Gasteiger partial charge in [-0.05, 0) is 56.3 Å². The molecule has 1 amide bonds. The van der Waals surface area contributed by atoms with Crippen LogP contribution >= 0.6 is 0 Å². The highest BCUT2D eigenvalue weighted by atomic mass is 19.4. The number of halogens is 3. The topological polar surface area (TPSA) is 73.3 Å². The molecule has 0 bridgehead atoms. The largest absolute Gasteiger partial charge is 0.481 e. The lowest BCUT2D eigenvalue weighted by Crippen LogP contribution is -2.38. The number of amides is 1. The maximum Gasteiger partial charge on any atom is 0.416 e. The van der Waals surface area contributed by atoms with E-state index in [0.29, 0.717) is 57.4 Å². The summed E-state index contributed by atoms with van der Waals surface area (Å²) in [6.45, 7) is 3.91. The number of piperidine rings is 1. The van der Waals surface area contributed by atoms with Gasteiger partial charge in [0.1, 0.15) is 0 Å². The predicted molar refractivity (Wildman–Crippen MR) is 141 cm³/mol. The van der Waals surface area contributed by atoms with Crippen LogP contribution < -0.4 is 4.90 Å². The van der Waals surface area contributed by atoms with E-state index in [9.17, 15) is 27.9 Å². The van der Waals surface area contributed by atoms with Crippen LogP contribution in [-0.2, 0) is 20.5 Å². The number of methoxy groups -OCH3 is 1. The van der Waals surface area contributed by atoms with Crippen molar-refractivity contribution in [1.82, 2.24) is 9.80 Å². The molecule has 216 valence electrons. The molecular formula is C29H40F3N3O4. The van der Waals surface area contributed by atoms with Crippen LogP contribution in [-0.4, -0.2) is 85.8 Å². The SMILES string of the molecule is COC[C@H]1CN(C(=O)[C@H]2CCN(C3CCCC3)C2)CC1c1ccc(C(F)(F)F)cc1N1CCC(C(=O)O)CC1. The van der Waals surface area contributed by atoms with Crippen molar-refractivity contribution in [2.75, 3.05) is 57.9 Å². The zero-order valence-corrected chi connectivity index (χ0v) is 22.7. The summed E-state index contributed by atoms with van der Waals surface area (Å²) >= 11 is 0. The van der Waals surface area contributed by atoms with Gasteiger partial charge >= 0.3 is 12.1 Å². The molecule has 3 atom stereocenters. The second-order valence-corrected chi connectivity index (χ2v) is 11.9. The maximum atomic E-state index is 13.7. The van der Waals surface area contributed by atoms with E-state index in [-0.39, 0.29) is 23.7 Å². The second kappa shape index (κ2) is 11.6. The first-order chi connectivity index (χ1) is 18.7. The third kappa shape index (κ3) is 6.06. The third-order valence-corrected chi connectivity index (χ3v) is 9.49. The molecule has 4 aliphatic rings. The first-order valence-electron chi connectivity index (χ1n) is 14.4. The number of aliphatic carboxylic acids is 1. The molecule has 1 saturated carbocycles. The van der Waals surface area contributed by atoms with Crippen LogP contribution in [0, 0.1) is 17.8 Å². The van der Waals surface area contributed by atoms with Gasteiger partial charge in [0, 0.05) is 63.4 Å². The van der Waals surface area contributed by atoms with Gasteiger partial charge in [-0.1, -0.05) is 18.9 Å². The first kappa shape index (κ1) is 28.2. The average molecular weight is 552 g/mol. The number of benzene rings is 1. The molecule has 1 N–H and O–H groups in total. The number of nitrogens with zero attached hydrogens (tertiary/aromatic N) is 3. The number of alkyl halides is 3. The molecule has 0 spiro atoms. The summed E-state index contributed by atoms with van der Waals surface area (Å²) in [6, 6.07) is 4.50. The number of hydrogen-bond acceptors (Lipinski definition) is 5. The highest BCUT2D eigenvalue weighted by molar-refractivity contribution is 5.80. The molecule has 1 unspecified atom stereocenters. The molecule has 3 aliphatic heterocycles. The molecule has 3 heterocycles. The van der Waals surface area contributed by atoms with Crippen molar-refractivity contribution < 1.29 is 32.6 Å². The zero-order chi connectivity index (χ0) is 27.7. The molecule has 0 radical (unpaired) electrons. The Kier molecular flexibility index (Phi) is 8.42. The number of carboxylic acid groups (broad SMARTS) is 1. The molecule has 1 aromatic rings. The fraction of sp³-hybridized carbons (Fsp3) is 0.724. The Morgan fingerprint density at radius 1 is 0.974 bits per heavy atom. The Morgan fingerprint density at radius 3 is 2.31 bits per heavy atom. The molecule has 7 nitrogen and oxygen atoms in total. The normalized spacial score (nSPS) is 27.5. The third-order valence-electron chi connectivity index (χ3n) is 9.49. The standard InChI is InChI=1S/C29H40F3N3O4/c1-39-18-21-16-35(27(36)20-10-13-34(15-20)23-4-2-3-5-23)17-25(21)24-7-6-22(29(30,31)32)14-26(24)33-11-8-19(9-12-33)28(37)38/h6-7,14,19-21,23,25H,2-5,8-13,15-18H2,1H3,(H,37,38)/t20-,21+,25?/m0/s1. The van der Waals surface area contributed by atoms with Gasteiger partial charge in [0.05, 0.1) is 24.0 Å². The molecule has 5 rings (SSSR count). The Hall–Kier alpha value is -2.33. The van der Waals surface area contributed by atoms with Crippen molar-refractivity contribution in [2.45, 2.75) is 63.1 Å². The summed E-state index contributed by atoms with van der Waals surface area (Å²) in [4.78, 5) is 31.4. The van der Waals surface area contributed by atoms with Crippen molar-refractivity contribution in [2.24, 2.45) is 17.8 Å². The van der Waals surface area contributed by atoms with Crippen molar-refractivity contribution >= 4 is 17.6 Å². The van der Waals surface area contributed by atoms with Gasteiger partial charge in [-0.15, -0.1) is 0 Å². The van der Waals surface area contributed by atoms with Crippen LogP contribution in [0.3, 0.4) is 0 Å². The predicted octanol–water partition coefficient (Wildman–Crippen LogP) is 4.46. The number of carboxylic acids is 1. The first-order valence-corrected chi connectivity index (χ1v) is 14.4. The van der Waals surface area contributed by atoms with Crippen LogP contribution in [0.15, 0.2) is 18.2 Å². The van der Waals surface area contributed by atoms with Crippen LogP contribution in [0.4, 0.5) is 18.9 Å². The lowest BCUT2D eigenvalue weighted by atomic mass is 9.86. The smallest absolute Gasteiger partial charge is 0.416 e. The molecule has 4 fully saturated rings. The number of ether oxygens (including phenoxy) is 1. The van der Waals surface area contributed by atoms with Gasteiger partial charge in [0.2, 0.25) is 5.91 Å². The summed E-state index contributed by atoms with van der Waals surface area (Å²) in [6.07, 6.45) is 2.10. The van der Waals surface area contributed by atoms with E-state index < -0.39 is 23.6 Å². The van der Waals surface area contributed by atoms with Gasteiger partial charge in [0.15, 0.2) is 0 Å². The van der Waals surface area contributed by atoms with Gasteiger partial charge in [-0.2, -0.15) is 13.2 Å². The molecule has 39 heavy (non-hydrogen) atoms. The Bertz CT molecular complexity index is 1040. The summed E-state index contributed by atoms with van der Waals surface area (Å²) in [7, 11) is 1.61. The van der Waals surface area contributed by atoms with Crippen LogP contribution in [0.1, 0.15) is 62.0 Å². The quantitative estimate of drug-likeness (QED) is 0.540. The van der Waals surface area contributed by atoms with Crippen molar-refractivity contribution in [3.63, 3.8) is 0 Å². The Labute approximate surface area is 228 Å². The molecule has 0 aromatic heterocycles. The number of carbonyl (C=O) groups excluding carboxylic acids is 1. The molecule has 3 saturated heterocycles. The zero-order valence-electron chi connectivity index (χ0n) is 22.7. The minimum absolute atomic E-state index is 0.0293. The van der Waals surface area contributed by atoms with Crippen molar-refractivity contribution in [3.8, 4) is 0 Å². The van der Waals surface area contributed by atoms with Crippen LogP contribution in [0.5, 0.6) is 0 Å². The van der Waals surface area contributed by atoms with Gasteiger partial charge < -0.3 is 19.6 Å². The summed E-state index contributed by atoms with van der Waals surface area (Å²) in [5.74, 6) is -1.41. The monoisotopic (exact) mass is 551 g/mol. The summed E-state index contributed by atoms with van der Waals surface area (Å²) < 4.78 is 46.7. The second-order valence-electron chi connectivity index (χ2n) is 11.9. The van der Waals surface area contributed by atoms with E-state index in [1.54, 1.807) is 13.2 Å². The van der Waals surface area contributed by atoms with E-state index >= 15 is 0 Å². The molecule has 1 aromatic carbocycles. The van der Waals surface area contributed by atoms with E-state index in [0.717, 1.165) is 31.1 Å². The number of rotatable bonds is 7. The highest BCUT2D eigenvalue weighted by Crippen LogP contribution is 2.43. The average Bonchev–Trinajstić information content (AvgIpc) is 3.69. The van der Waals surface area contributed by atoms with Gasteiger partial charge in [-0.25, -0.2) is 0 Å². The van der Waals surface area contributed by atoms with Gasteiger partial charge in [-0.3, -0.25) is 14.5 Å². The fourth-order valence-electron chi connectivity index (χ4n) is 7.31. The molecule has 10 heteroatoms. The van der Waals surface area contributed by atoms with E-state index in [1.165, 1.54) is 31.7 Å². The highest BCUT2D eigenvalue weighted by Gasteiger charge is 2.43. The summed E-state index contributed by atoms with van der Waals surface area (Å²) in [5, 5.41) is 9.39. The minimum atomic E-state index is -4.48. The van der Waals surface area contributed by atoms with E-state index in [4.69, 9.17) is 4.74 Å². The minimum Gasteiger partial charge on any atom is -0.481 e. The number of hydrogen-bond donors (Lipinski definition) is 1. The number of likely N-dealkylation sites (tertiary alicyclic amines) is 2. The number of carbonyl (C=O) groups is 2. The van der Waals surface area contributed by atoms with E-state index in [1.807, 2.05) is 9.80 Å². The van der Waals surface area contributed by atoms with Crippen molar-refractivity contribution in [1.29, 1.82) is 0 Å².